The molecule has 2 aliphatic rings. The molecule has 0 radical (unpaired) electrons. The molecule has 1 saturated heterocycles. The molecule has 3 aromatic rings. The van der Waals surface area contributed by atoms with Crippen LogP contribution in [0.2, 0.25) is 0 Å². The van der Waals surface area contributed by atoms with Crippen LogP contribution < -0.4 is 0 Å². The lowest BCUT2D eigenvalue weighted by Crippen LogP contribution is -2.47. The fourth-order valence-electron chi connectivity index (χ4n) is 5.71. The Labute approximate surface area is 218 Å². The van der Waals surface area contributed by atoms with Gasteiger partial charge in [0.25, 0.3) is 0 Å². The molecule has 0 saturated carbocycles. The van der Waals surface area contributed by atoms with Crippen molar-refractivity contribution in [3.05, 3.63) is 100 Å². The van der Waals surface area contributed by atoms with E-state index in [1.807, 2.05) is 12.1 Å². The van der Waals surface area contributed by atoms with Crippen LogP contribution >= 0.6 is 0 Å². The highest BCUT2D eigenvalue weighted by atomic mass is 32.2. The van der Waals surface area contributed by atoms with E-state index < -0.39 is 15.7 Å². The van der Waals surface area contributed by atoms with E-state index in [0.717, 1.165) is 73.5 Å². The lowest BCUT2D eigenvalue weighted by molar-refractivity contribution is 0.0968. The van der Waals surface area contributed by atoms with Crippen molar-refractivity contribution < 1.29 is 17.2 Å². The Bertz CT molecular complexity index is 1410. The first-order valence-corrected chi connectivity index (χ1v) is 14.9. The minimum absolute atomic E-state index is 0.00599. The highest BCUT2D eigenvalue weighted by Gasteiger charge is 2.26. The second-order valence-corrected chi connectivity index (χ2v) is 12.4. The number of halogens is 2. The van der Waals surface area contributed by atoms with Crippen molar-refractivity contribution in [1.29, 1.82) is 0 Å². The number of likely N-dealkylation sites (tertiary alicyclic amines) is 1. The van der Waals surface area contributed by atoms with Crippen LogP contribution in [0.3, 0.4) is 0 Å². The molecule has 0 unspecified atom stereocenters. The fraction of sp³-hybridized carbons (Fsp3) is 0.355. The van der Waals surface area contributed by atoms with Crippen LogP contribution in [-0.2, 0) is 22.7 Å². The molecule has 1 heterocycles. The molecule has 3 aromatic carbocycles. The Morgan fingerprint density at radius 3 is 2.41 bits per heavy atom. The summed E-state index contributed by atoms with van der Waals surface area (Å²) in [6.45, 7) is 2.62. The quantitative estimate of drug-likeness (QED) is 0.346. The molecule has 0 N–H and O–H groups in total. The monoisotopic (exact) mass is 521 g/mol. The van der Waals surface area contributed by atoms with Gasteiger partial charge in [0.1, 0.15) is 5.82 Å². The zero-order chi connectivity index (χ0) is 26.0. The number of alkyl halides is 1. The molecule has 6 heteroatoms. The van der Waals surface area contributed by atoms with Crippen molar-refractivity contribution in [1.82, 2.24) is 4.90 Å². The third-order valence-corrected chi connectivity index (χ3v) is 8.67. The Morgan fingerprint density at radius 2 is 1.70 bits per heavy atom. The molecular formula is C31H33F2NO2S. The number of allylic oxidation sites excluding steroid dienone is 1. The molecule has 0 bridgehead atoms. The maximum Gasteiger partial charge on any atom is 0.175 e. The molecule has 3 nitrogen and oxygen atoms in total. The van der Waals surface area contributed by atoms with Crippen LogP contribution in [0, 0.1) is 11.7 Å². The highest BCUT2D eigenvalue weighted by molar-refractivity contribution is 7.90. The summed E-state index contributed by atoms with van der Waals surface area (Å²) < 4.78 is 51.8. The van der Waals surface area contributed by atoms with Crippen LogP contribution in [-0.4, -0.2) is 45.9 Å². The highest BCUT2D eigenvalue weighted by Crippen LogP contribution is 2.41. The largest absolute Gasteiger partial charge is 0.303 e. The summed E-state index contributed by atoms with van der Waals surface area (Å²) in [7, 11) is -3.49. The predicted octanol–water partition coefficient (Wildman–Crippen LogP) is 6.36. The smallest absolute Gasteiger partial charge is 0.175 e. The zero-order valence-electron chi connectivity index (χ0n) is 21.2. The SMILES string of the molecule is CS(=O)(=O)c1ccc(C2=C(c3ccc(CC4CN(CCCF)C4)cc3)c3ccccc3CCC2)c(F)c1. The van der Waals surface area contributed by atoms with Crippen LogP contribution in [0.25, 0.3) is 11.1 Å². The average Bonchev–Trinajstić information content (AvgIpc) is 3.05. The first kappa shape index (κ1) is 25.8. The number of sulfone groups is 1. The normalized spacial score (nSPS) is 16.8. The van der Waals surface area contributed by atoms with E-state index in [1.54, 1.807) is 6.07 Å². The zero-order valence-corrected chi connectivity index (χ0v) is 22.0. The van der Waals surface area contributed by atoms with E-state index in [2.05, 4.69) is 41.3 Å². The summed E-state index contributed by atoms with van der Waals surface area (Å²) in [5, 5.41) is 0. The molecule has 0 amide bonds. The Balaban J connectivity index is 1.50. The topological polar surface area (TPSA) is 37.4 Å². The van der Waals surface area contributed by atoms with Gasteiger partial charge in [0.05, 0.1) is 11.6 Å². The predicted molar refractivity (Wildman–Crippen MR) is 145 cm³/mol. The summed E-state index contributed by atoms with van der Waals surface area (Å²) >= 11 is 0. The van der Waals surface area contributed by atoms with Crippen LogP contribution in [0.1, 0.15) is 47.1 Å². The number of hydrogen-bond donors (Lipinski definition) is 0. The van der Waals surface area contributed by atoms with Gasteiger partial charge in [0.2, 0.25) is 0 Å². The standard InChI is InChI=1S/C31H33F2NO2S/c1-37(35,36)26-14-15-28(30(33)19-26)29-9-4-7-24-6-2-3-8-27(24)31(29)25-12-10-22(11-13-25)18-23-20-34(21-23)17-5-16-32/h2-3,6,8,10-15,19,23H,4-5,7,9,16-18,20-21H2,1H3. The number of nitrogens with zero attached hydrogens (tertiary/aromatic N) is 1. The first-order chi connectivity index (χ1) is 17.8. The van der Waals surface area contributed by atoms with Crippen LogP contribution in [0.4, 0.5) is 8.78 Å². The lowest BCUT2D eigenvalue weighted by atomic mass is 9.86. The van der Waals surface area contributed by atoms with Gasteiger partial charge in [-0.05, 0) is 83.6 Å². The van der Waals surface area contributed by atoms with Gasteiger partial charge in [-0.3, -0.25) is 4.39 Å². The third-order valence-electron chi connectivity index (χ3n) is 7.56. The van der Waals surface area contributed by atoms with E-state index in [9.17, 15) is 12.8 Å². The molecule has 5 rings (SSSR count). The average molecular weight is 522 g/mol. The van der Waals surface area contributed by atoms with Gasteiger partial charge in [-0.2, -0.15) is 0 Å². The molecule has 194 valence electrons. The first-order valence-electron chi connectivity index (χ1n) is 13.0. The lowest BCUT2D eigenvalue weighted by Gasteiger charge is -2.39. The summed E-state index contributed by atoms with van der Waals surface area (Å²) in [4.78, 5) is 2.30. The number of hydrogen-bond acceptors (Lipinski definition) is 3. The van der Waals surface area contributed by atoms with Crippen molar-refractivity contribution >= 4 is 21.0 Å². The number of benzene rings is 3. The fourth-order valence-corrected chi connectivity index (χ4v) is 6.34. The van der Waals surface area contributed by atoms with Crippen molar-refractivity contribution in [2.24, 2.45) is 5.92 Å². The minimum Gasteiger partial charge on any atom is -0.303 e. The maximum atomic E-state index is 15.4. The van der Waals surface area contributed by atoms with Crippen LogP contribution in [0.5, 0.6) is 0 Å². The number of aryl methyl sites for hydroxylation is 1. The Hall–Kier alpha value is -2.83. The van der Waals surface area contributed by atoms with Crippen molar-refractivity contribution in [3.8, 4) is 0 Å². The van der Waals surface area contributed by atoms with Gasteiger partial charge in [-0.25, -0.2) is 12.8 Å². The Morgan fingerprint density at radius 1 is 0.946 bits per heavy atom. The van der Waals surface area contributed by atoms with E-state index in [1.165, 1.54) is 17.2 Å². The van der Waals surface area contributed by atoms with Gasteiger partial charge in [-0.15, -0.1) is 0 Å². The van der Waals surface area contributed by atoms with Crippen LogP contribution in [0.15, 0.2) is 71.6 Å². The molecule has 1 fully saturated rings. The summed E-state index contributed by atoms with van der Waals surface area (Å²) in [5.41, 5.74) is 7.06. The molecule has 1 aliphatic heterocycles. The molecule has 1 aliphatic carbocycles. The van der Waals surface area contributed by atoms with Gasteiger partial charge in [0, 0.05) is 31.5 Å². The van der Waals surface area contributed by atoms with Gasteiger partial charge in [-0.1, -0.05) is 54.6 Å². The second-order valence-electron chi connectivity index (χ2n) is 10.3. The van der Waals surface area contributed by atoms with E-state index in [-0.39, 0.29) is 11.6 Å². The van der Waals surface area contributed by atoms with E-state index in [0.29, 0.717) is 24.3 Å². The maximum absolute atomic E-state index is 15.4. The van der Waals surface area contributed by atoms with Gasteiger partial charge >= 0.3 is 0 Å². The molecular weight excluding hydrogens is 488 g/mol. The van der Waals surface area contributed by atoms with Crippen molar-refractivity contribution in [2.75, 3.05) is 32.6 Å². The molecule has 0 spiro atoms. The third kappa shape index (κ3) is 5.70. The summed E-state index contributed by atoms with van der Waals surface area (Å²) in [6, 6.07) is 21.2. The number of fused-ring (bicyclic) bond motifs is 1. The minimum atomic E-state index is -3.49. The van der Waals surface area contributed by atoms with Gasteiger partial charge in [0.15, 0.2) is 9.84 Å². The second kappa shape index (κ2) is 10.9. The molecule has 37 heavy (non-hydrogen) atoms. The van der Waals surface area contributed by atoms with Crippen molar-refractivity contribution in [2.45, 2.75) is 37.0 Å². The summed E-state index contributed by atoms with van der Waals surface area (Å²) in [6.07, 6.45) is 5.21. The van der Waals surface area contributed by atoms with E-state index in [4.69, 9.17) is 0 Å². The van der Waals surface area contributed by atoms with E-state index >= 15 is 4.39 Å². The van der Waals surface area contributed by atoms with Crippen molar-refractivity contribution in [3.63, 3.8) is 0 Å². The number of rotatable bonds is 8. The molecule has 0 aromatic heterocycles. The summed E-state index contributed by atoms with van der Waals surface area (Å²) in [5.74, 6) is 0.0926. The molecule has 0 atom stereocenters. The Kier molecular flexibility index (Phi) is 7.59. The van der Waals surface area contributed by atoms with Gasteiger partial charge < -0.3 is 4.90 Å².